The second kappa shape index (κ2) is 8.10. The zero-order valence-electron chi connectivity index (χ0n) is 15.0. The van der Waals surface area contributed by atoms with E-state index in [-0.39, 0.29) is 11.9 Å². The molecular weight excluding hydrogens is 346 g/mol. The molecule has 1 amide bonds. The Morgan fingerprint density at radius 1 is 1.23 bits per heavy atom. The van der Waals surface area contributed by atoms with E-state index in [9.17, 15) is 4.79 Å². The number of hydrogen-bond donors (Lipinski definition) is 1. The SMILES string of the molecule is CC[C@@H](NC(=O)c1sc(-c2ccccn2)nc1C)c1ccc(OC)cc1. The Hall–Kier alpha value is -2.73. The number of ether oxygens (including phenoxy) is 1. The molecule has 0 saturated heterocycles. The Morgan fingerprint density at radius 2 is 2.00 bits per heavy atom. The highest BCUT2D eigenvalue weighted by atomic mass is 32.1. The summed E-state index contributed by atoms with van der Waals surface area (Å²) in [6.07, 6.45) is 2.52. The van der Waals surface area contributed by atoms with Gasteiger partial charge in [-0.25, -0.2) is 4.98 Å². The van der Waals surface area contributed by atoms with E-state index in [1.807, 2.05) is 56.3 Å². The Labute approximate surface area is 157 Å². The van der Waals surface area contributed by atoms with Crippen LogP contribution in [0.2, 0.25) is 0 Å². The number of amides is 1. The predicted molar refractivity (Wildman–Crippen MR) is 104 cm³/mol. The third kappa shape index (κ3) is 3.91. The summed E-state index contributed by atoms with van der Waals surface area (Å²) in [5, 5.41) is 3.87. The number of carbonyl (C=O) groups excluding carboxylic acids is 1. The number of nitrogens with one attached hydrogen (secondary N) is 1. The monoisotopic (exact) mass is 367 g/mol. The van der Waals surface area contributed by atoms with Gasteiger partial charge in [0.15, 0.2) is 0 Å². The number of nitrogens with zero attached hydrogens (tertiary/aromatic N) is 2. The number of carbonyl (C=O) groups is 1. The van der Waals surface area contributed by atoms with Crippen molar-refractivity contribution in [3.05, 3.63) is 64.8 Å². The molecule has 0 bridgehead atoms. The molecule has 1 atom stereocenters. The first kappa shape index (κ1) is 18.1. The van der Waals surface area contributed by atoms with Gasteiger partial charge in [0.25, 0.3) is 5.91 Å². The van der Waals surface area contributed by atoms with E-state index in [4.69, 9.17) is 4.74 Å². The van der Waals surface area contributed by atoms with Gasteiger partial charge >= 0.3 is 0 Å². The lowest BCUT2D eigenvalue weighted by Crippen LogP contribution is -2.28. The number of thiazole rings is 1. The van der Waals surface area contributed by atoms with Crippen LogP contribution >= 0.6 is 11.3 Å². The minimum Gasteiger partial charge on any atom is -0.497 e. The number of pyridine rings is 1. The number of aryl methyl sites for hydroxylation is 1. The van der Waals surface area contributed by atoms with Crippen LogP contribution in [0.3, 0.4) is 0 Å². The Balaban J connectivity index is 1.79. The van der Waals surface area contributed by atoms with Crippen LogP contribution in [-0.2, 0) is 0 Å². The molecule has 5 nitrogen and oxygen atoms in total. The predicted octanol–water partition coefficient (Wildman–Crippen LogP) is 4.40. The average Bonchev–Trinajstić information content (AvgIpc) is 3.08. The van der Waals surface area contributed by atoms with Crippen molar-refractivity contribution < 1.29 is 9.53 Å². The Kier molecular flexibility index (Phi) is 5.63. The van der Waals surface area contributed by atoms with Crippen molar-refractivity contribution in [1.82, 2.24) is 15.3 Å². The first-order valence-electron chi connectivity index (χ1n) is 8.46. The fourth-order valence-electron chi connectivity index (χ4n) is 2.69. The molecule has 1 aromatic carbocycles. The van der Waals surface area contributed by atoms with Crippen LogP contribution in [-0.4, -0.2) is 23.0 Å². The van der Waals surface area contributed by atoms with Crippen LogP contribution in [0.25, 0.3) is 10.7 Å². The number of methoxy groups -OCH3 is 1. The van der Waals surface area contributed by atoms with Gasteiger partial charge in [0.2, 0.25) is 0 Å². The average molecular weight is 367 g/mol. The van der Waals surface area contributed by atoms with E-state index in [1.54, 1.807) is 13.3 Å². The van der Waals surface area contributed by atoms with E-state index in [0.717, 1.165) is 34.1 Å². The summed E-state index contributed by atoms with van der Waals surface area (Å²) < 4.78 is 5.19. The molecule has 134 valence electrons. The second-order valence-electron chi connectivity index (χ2n) is 5.86. The molecule has 0 saturated carbocycles. The molecule has 2 aromatic heterocycles. The minimum atomic E-state index is -0.107. The van der Waals surface area contributed by atoms with E-state index in [1.165, 1.54) is 11.3 Å². The van der Waals surface area contributed by atoms with Crippen molar-refractivity contribution in [2.75, 3.05) is 7.11 Å². The fourth-order valence-corrected chi connectivity index (χ4v) is 3.63. The molecule has 3 rings (SSSR count). The smallest absolute Gasteiger partial charge is 0.263 e. The van der Waals surface area contributed by atoms with Crippen molar-refractivity contribution in [3.8, 4) is 16.5 Å². The maximum atomic E-state index is 12.8. The first-order chi connectivity index (χ1) is 12.6. The zero-order chi connectivity index (χ0) is 18.5. The van der Waals surface area contributed by atoms with E-state index in [2.05, 4.69) is 15.3 Å². The highest BCUT2D eigenvalue weighted by molar-refractivity contribution is 7.17. The summed E-state index contributed by atoms with van der Waals surface area (Å²) in [5.74, 6) is 0.693. The molecule has 0 aliphatic heterocycles. The molecular formula is C20H21N3O2S. The summed E-state index contributed by atoms with van der Waals surface area (Å²) in [4.78, 5) is 22.2. The number of aromatic nitrogens is 2. The van der Waals surface area contributed by atoms with Crippen LogP contribution in [0.5, 0.6) is 5.75 Å². The molecule has 3 aromatic rings. The number of benzene rings is 1. The molecule has 1 N–H and O–H groups in total. The van der Waals surface area contributed by atoms with Gasteiger partial charge in [-0.1, -0.05) is 25.1 Å². The van der Waals surface area contributed by atoms with Gasteiger partial charge in [0, 0.05) is 6.20 Å². The molecule has 0 radical (unpaired) electrons. The summed E-state index contributed by atoms with van der Waals surface area (Å²) in [6, 6.07) is 13.4. The summed E-state index contributed by atoms with van der Waals surface area (Å²) in [6.45, 7) is 3.90. The maximum absolute atomic E-state index is 12.8. The number of hydrogen-bond acceptors (Lipinski definition) is 5. The van der Waals surface area contributed by atoms with Gasteiger partial charge in [0.1, 0.15) is 15.6 Å². The van der Waals surface area contributed by atoms with Gasteiger partial charge in [-0.2, -0.15) is 0 Å². The van der Waals surface area contributed by atoms with Crippen LogP contribution in [0, 0.1) is 6.92 Å². The highest BCUT2D eigenvalue weighted by Gasteiger charge is 2.20. The standard InChI is InChI=1S/C20H21N3O2S/c1-4-16(14-8-10-15(25-3)11-9-14)23-19(24)18-13(2)22-20(26-18)17-7-5-6-12-21-17/h5-12,16H,4H2,1-3H3,(H,23,24)/t16-/m1/s1. The number of rotatable bonds is 6. The molecule has 0 fully saturated rings. The van der Waals surface area contributed by atoms with Crippen molar-refractivity contribution >= 4 is 17.2 Å². The van der Waals surface area contributed by atoms with Gasteiger partial charge in [-0.05, 0) is 43.2 Å². The van der Waals surface area contributed by atoms with Gasteiger partial charge in [0.05, 0.1) is 24.5 Å². The fraction of sp³-hybridized carbons (Fsp3) is 0.250. The third-order valence-corrected chi connectivity index (χ3v) is 5.30. The summed E-state index contributed by atoms with van der Waals surface area (Å²) in [5.41, 5.74) is 2.55. The molecule has 0 aliphatic rings. The molecule has 0 spiro atoms. The largest absolute Gasteiger partial charge is 0.497 e. The normalized spacial score (nSPS) is 11.8. The lowest BCUT2D eigenvalue weighted by molar-refractivity contribution is 0.0939. The lowest BCUT2D eigenvalue weighted by Gasteiger charge is -2.17. The van der Waals surface area contributed by atoms with E-state index in [0.29, 0.717) is 4.88 Å². The minimum absolute atomic E-state index is 0.0618. The molecule has 2 heterocycles. The summed E-state index contributed by atoms with van der Waals surface area (Å²) in [7, 11) is 1.64. The van der Waals surface area contributed by atoms with Gasteiger partial charge < -0.3 is 10.1 Å². The maximum Gasteiger partial charge on any atom is 0.263 e. The first-order valence-corrected chi connectivity index (χ1v) is 9.27. The molecule has 0 unspecified atom stereocenters. The summed E-state index contributed by atoms with van der Waals surface area (Å²) >= 11 is 1.37. The zero-order valence-corrected chi connectivity index (χ0v) is 15.8. The van der Waals surface area contributed by atoms with Crippen LogP contribution < -0.4 is 10.1 Å². The van der Waals surface area contributed by atoms with Crippen molar-refractivity contribution in [2.45, 2.75) is 26.3 Å². The topological polar surface area (TPSA) is 64.1 Å². The van der Waals surface area contributed by atoms with Crippen molar-refractivity contribution in [2.24, 2.45) is 0 Å². The highest BCUT2D eigenvalue weighted by Crippen LogP contribution is 2.27. The van der Waals surface area contributed by atoms with Crippen molar-refractivity contribution in [1.29, 1.82) is 0 Å². The van der Waals surface area contributed by atoms with Crippen LogP contribution in [0.4, 0.5) is 0 Å². The lowest BCUT2D eigenvalue weighted by atomic mass is 10.0. The Bertz CT molecular complexity index is 876. The third-order valence-electron chi connectivity index (χ3n) is 4.12. The van der Waals surface area contributed by atoms with Crippen molar-refractivity contribution in [3.63, 3.8) is 0 Å². The van der Waals surface area contributed by atoms with Gasteiger partial charge in [-0.15, -0.1) is 11.3 Å². The van der Waals surface area contributed by atoms with Gasteiger partial charge in [-0.3, -0.25) is 9.78 Å². The van der Waals surface area contributed by atoms with Crippen LogP contribution in [0.15, 0.2) is 48.7 Å². The van der Waals surface area contributed by atoms with E-state index < -0.39 is 0 Å². The Morgan fingerprint density at radius 3 is 2.62 bits per heavy atom. The molecule has 26 heavy (non-hydrogen) atoms. The quantitative estimate of drug-likeness (QED) is 0.701. The van der Waals surface area contributed by atoms with E-state index >= 15 is 0 Å². The second-order valence-corrected chi connectivity index (χ2v) is 6.86. The molecule has 0 aliphatic carbocycles. The molecule has 6 heteroatoms. The van der Waals surface area contributed by atoms with Crippen LogP contribution in [0.1, 0.15) is 40.3 Å².